The quantitative estimate of drug-likeness (QED) is 0.679. The van der Waals surface area contributed by atoms with Crippen molar-refractivity contribution in [1.82, 2.24) is 0 Å². The lowest BCUT2D eigenvalue weighted by Gasteiger charge is -2.18. The van der Waals surface area contributed by atoms with Crippen molar-refractivity contribution in [1.29, 1.82) is 0 Å². The van der Waals surface area contributed by atoms with Crippen molar-refractivity contribution in [2.24, 2.45) is 0 Å². The molecule has 6 heteroatoms. The van der Waals surface area contributed by atoms with E-state index in [1.54, 1.807) is 30.3 Å². The average Bonchev–Trinajstić information content (AvgIpc) is 2.23. The first-order valence-corrected chi connectivity index (χ1v) is 6.91. The average molecular weight is 258 g/mol. The van der Waals surface area contributed by atoms with Crippen LogP contribution >= 0.6 is 7.60 Å². The van der Waals surface area contributed by atoms with Crippen LogP contribution in [0.4, 0.5) is 0 Å². The summed E-state index contributed by atoms with van der Waals surface area (Å²) in [6, 6.07) is 8.46. The number of rotatable bonds is 6. The van der Waals surface area contributed by atoms with E-state index in [2.05, 4.69) is 0 Å². The Morgan fingerprint density at radius 3 is 2.29 bits per heavy atom. The Morgan fingerprint density at radius 1 is 1.24 bits per heavy atom. The van der Waals surface area contributed by atoms with Crippen LogP contribution in [0.5, 0.6) is 0 Å². The molecule has 0 amide bonds. The van der Waals surface area contributed by atoms with Crippen LogP contribution in [0.3, 0.4) is 0 Å². The molecule has 0 aliphatic carbocycles. The molecule has 0 radical (unpaired) electrons. The third kappa shape index (κ3) is 4.69. The number of hydrogen-bond acceptors (Lipinski definition) is 2. The number of hydrogen-bond donors (Lipinski definition) is 3. The maximum Gasteiger partial charge on any atom is 0.332 e. The molecule has 3 N–H and O–H groups in total. The summed E-state index contributed by atoms with van der Waals surface area (Å²) in [5.74, 6) is -0.956. The Morgan fingerprint density at radius 2 is 1.82 bits per heavy atom. The fourth-order valence-electron chi connectivity index (χ4n) is 1.65. The molecule has 0 heterocycles. The molecule has 1 atom stereocenters. The van der Waals surface area contributed by atoms with Crippen LogP contribution in [0, 0.1) is 0 Å². The number of carboxylic acids is 1. The van der Waals surface area contributed by atoms with E-state index in [0.717, 1.165) is 0 Å². The molecular formula is C11H15O5P. The van der Waals surface area contributed by atoms with Crippen molar-refractivity contribution in [3.63, 3.8) is 0 Å². The summed E-state index contributed by atoms with van der Waals surface area (Å²) in [5.41, 5.74) is -0.366. The highest BCUT2D eigenvalue weighted by molar-refractivity contribution is 7.52. The molecule has 0 spiro atoms. The molecule has 0 saturated heterocycles. The minimum absolute atomic E-state index is 0.0800. The third-order valence-electron chi connectivity index (χ3n) is 2.46. The van der Waals surface area contributed by atoms with Gasteiger partial charge in [-0.1, -0.05) is 30.3 Å². The molecule has 0 aliphatic heterocycles. The van der Waals surface area contributed by atoms with Crippen LogP contribution in [-0.2, 0) is 9.36 Å². The highest BCUT2D eigenvalue weighted by atomic mass is 31.2. The Bertz CT molecular complexity index is 411. The first-order chi connectivity index (χ1) is 7.91. The standard InChI is InChI=1S/C11H15O5P/c12-11(13)8-4-7-10(17(14,15)16)9-5-2-1-3-6-9/h1-3,5-6,10H,4,7-8H2,(H,12,13)(H2,14,15,16). The monoisotopic (exact) mass is 258 g/mol. The molecular weight excluding hydrogens is 243 g/mol. The molecule has 1 unspecified atom stereocenters. The van der Waals surface area contributed by atoms with Crippen molar-refractivity contribution in [3.05, 3.63) is 35.9 Å². The lowest BCUT2D eigenvalue weighted by Crippen LogP contribution is -2.02. The summed E-state index contributed by atoms with van der Waals surface area (Å²) in [4.78, 5) is 28.9. The van der Waals surface area contributed by atoms with E-state index in [1.165, 1.54) is 0 Å². The van der Waals surface area contributed by atoms with Crippen LogP contribution in [-0.4, -0.2) is 20.9 Å². The Kier molecular flexibility index (Phi) is 4.87. The van der Waals surface area contributed by atoms with Gasteiger partial charge in [0.15, 0.2) is 0 Å². The molecule has 94 valence electrons. The van der Waals surface area contributed by atoms with E-state index in [1.807, 2.05) is 0 Å². The summed E-state index contributed by atoms with van der Waals surface area (Å²) >= 11 is 0. The van der Waals surface area contributed by atoms with Gasteiger partial charge in [0.25, 0.3) is 0 Å². The molecule has 0 fully saturated rings. The molecule has 1 aromatic carbocycles. The highest BCUT2D eigenvalue weighted by Gasteiger charge is 2.29. The van der Waals surface area contributed by atoms with Crippen LogP contribution in [0.2, 0.25) is 0 Å². The van der Waals surface area contributed by atoms with Gasteiger partial charge in [0.05, 0.1) is 5.66 Å². The van der Waals surface area contributed by atoms with Gasteiger partial charge in [-0.05, 0) is 18.4 Å². The van der Waals surface area contributed by atoms with Crippen molar-refractivity contribution in [2.75, 3.05) is 0 Å². The second-order valence-electron chi connectivity index (χ2n) is 3.80. The second kappa shape index (κ2) is 5.96. The molecule has 0 saturated carbocycles. The molecule has 1 rings (SSSR count). The van der Waals surface area contributed by atoms with Gasteiger partial charge in [-0.3, -0.25) is 9.36 Å². The maximum absolute atomic E-state index is 11.4. The summed E-state index contributed by atoms with van der Waals surface area (Å²) in [5, 5.41) is 8.51. The van der Waals surface area contributed by atoms with Gasteiger partial charge >= 0.3 is 13.6 Å². The summed E-state index contributed by atoms with van der Waals surface area (Å²) < 4.78 is 11.4. The fourth-order valence-corrected chi connectivity index (χ4v) is 2.73. The van der Waals surface area contributed by atoms with Gasteiger partial charge in [0.2, 0.25) is 0 Å². The summed E-state index contributed by atoms with van der Waals surface area (Å²) in [6.45, 7) is 0. The normalized spacial score (nSPS) is 13.3. The Balaban J connectivity index is 2.76. The lowest BCUT2D eigenvalue weighted by atomic mass is 10.1. The van der Waals surface area contributed by atoms with Gasteiger partial charge < -0.3 is 14.9 Å². The van der Waals surface area contributed by atoms with E-state index in [4.69, 9.17) is 5.11 Å². The highest BCUT2D eigenvalue weighted by Crippen LogP contribution is 2.54. The van der Waals surface area contributed by atoms with Gasteiger partial charge in [0.1, 0.15) is 0 Å². The zero-order chi connectivity index (χ0) is 12.9. The van der Waals surface area contributed by atoms with Gasteiger partial charge in [-0.2, -0.15) is 0 Å². The van der Waals surface area contributed by atoms with Crippen molar-refractivity contribution >= 4 is 13.6 Å². The molecule has 17 heavy (non-hydrogen) atoms. The molecule has 5 nitrogen and oxygen atoms in total. The zero-order valence-corrected chi connectivity index (χ0v) is 10.1. The number of aliphatic carboxylic acids is 1. The second-order valence-corrected chi connectivity index (χ2v) is 5.60. The fraction of sp³-hybridized carbons (Fsp3) is 0.364. The van der Waals surface area contributed by atoms with Crippen molar-refractivity contribution in [3.8, 4) is 0 Å². The number of carboxylic acid groups (broad SMARTS) is 1. The molecule has 0 bridgehead atoms. The SMILES string of the molecule is O=C(O)CCCC(c1ccccc1)P(=O)(O)O. The van der Waals surface area contributed by atoms with E-state index in [9.17, 15) is 19.1 Å². The molecule has 0 aliphatic rings. The minimum Gasteiger partial charge on any atom is -0.481 e. The predicted octanol–water partition coefficient (Wildman–Crippen LogP) is 2.16. The van der Waals surface area contributed by atoms with E-state index >= 15 is 0 Å². The Labute approximate surface area is 99.3 Å². The van der Waals surface area contributed by atoms with Crippen LogP contribution in [0.15, 0.2) is 30.3 Å². The van der Waals surface area contributed by atoms with Gasteiger partial charge in [0, 0.05) is 6.42 Å². The van der Waals surface area contributed by atoms with Gasteiger partial charge in [-0.25, -0.2) is 0 Å². The Hall–Kier alpha value is -1.16. The van der Waals surface area contributed by atoms with Crippen molar-refractivity contribution < 1.29 is 24.3 Å². The minimum atomic E-state index is -4.25. The van der Waals surface area contributed by atoms with E-state index < -0.39 is 19.2 Å². The number of carbonyl (C=O) groups is 1. The van der Waals surface area contributed by atoms with Crippen molar-refractivity contribution in [2.45, 2.75) is 24.9 Å². The first-order valence-electron chi connectivity index (χ1n) is 5.23. The van der Waals surface area contributed by atoms with E-state index in [0.29, 0.717) is 5.56 Å². The zero-order valence-electron chi connectivity index (χ0n) is 9.19. The lowest BCUT2D eigenvalue weighted by molar-refractivity contribution is -0.137. The van der Waals surface area contributed by atoms with E-state index in [-0.39, 0.29) is 19.3 Å². The first kappa shape index (κ1) is 13.9. The third-order valence-corrected chi connectivity index (χ3v) is 3.83. The molecule has 0 aromatic heterocycles. The predicted molar refractivity (Wildman–Crippen MR) is 62.7 cm³/mol. The summed E-state index contributed by atoms with van der Waals surface area (Å²) in [6.07, 6.45) is 0.337. The smallest absolute Gasteiger partial charge is 0.332 e. The topological polar surface area (TPSA) is 94.8 Å². The molecule has 1 aromatic rings. The van der Waals surface area contributed by atoms with Crippen LogP contribution in [0.25, 0.3) is 0 Å². The maximum atomic E-state index is 11.4. The van der Waals surface area contributed by atoms with Crippen LogP contribution in [0.1, 0.15) is 30.5 Å². The largest absolute Gasteiger partial charge is 0.481 e. The number of benzene rings is 1. The van der Waals surface area contributed by atoms with Gasteiger partial charge in [-0.15, -0.1) is 0 Å². The summed E-state index contributed by atoms with van der Waals surface area (Å²) in [7, 11) is -4.25. The van der Waals surface area contributed by atoms with Crippen LogP contribution < -0.4 is 0 Å².